The van der Waals surface area contributed by atoms with Crippen LogP contribution in [-0.4, -0.2) is 46.8 Å². The number of carbonyl (C=O) groups is 1. The largest absolute Gasteiger partial charge is 0.395 e. The smallest absolute Gasteiger partial charge is 0.222 e. The number of fused-ring (bicyclic) bond motifs is 5. The average molecular weight is 462 g/mol. The molecule has 0 heterocycles. The monoisotopic (exact) mass is 461 g/mol. The van der Waals surface area contributed by atoms with Crippen LogP contribution in [0, 0.1) is 46.3 Å². The fraction of sp³-hybridized carbons (Fsp3) is 0.966. The molecule has 190 valence electrons. The van der Waals surface area contributed by atoms with Crippen LogP contribution in [0.2, 0.25) is 0 Å². The Morgan fingerprint density at radius 2 is 1.73 bits per heavy atom. The lowest BCUT2D eigenvalue weighted by Gasteiger charge is -2.61. The lowest BCUT2D eigenvalue weighted by atomic mass is 9.44. The molecule has 33 heavy (non-hydrogen) atoms. The zero-order chi connectivity index (χ0) is 23.8. The van der Waals surface area contributed by atoms with Crippen molar-refractivity contribution in [3.8, 4) is 0 Å². The summed E-state index contributed by atoms with van der Waals surface area (Å²) in [5.74, 6) is 4.89. The van der Waals surface area contributed by atoms with E-state index in [1.807, 2.05) is 4.90 Å². The van der Waals surface area contributed by atoms with Gasteiger partial charge in [-0.1, -0.05) is 27.7 Å². The second-order valence-electron chi connectivity index (χ2n) is 12.9. The zero-order valence-electron chi connectivity index (χ0n) is 21.9. The number of aliphatic hydroxyl groups excluding tert-OH is 2. The molecular formula is C29H51NO3. The fourth-order valence-electron chi connectivity index (χ4n) is 9.67. The molecule has 2 N–H and O–H groups in total. The van der Waals surface area contributed by atoms with Gasteiger partial charge in [0.2, 0.25) is 5.91 Å². The molecule has 0 bridgehead atoms. The third-order valence-electron chi connectivity index (χ3n) is 11.4. The summed E-state index contributed by atoms with van der Waals surface area (Å²) in [6.45, 7) is 11.0. The first-order valence-electron chi connectivity index (χ1n) is 14.3. The van der Waals surface area contributed by atoms with Crippen LogP contribution in [0.4, 0.5) is 0 Å². The van der Waals surface area contributed by atoms with Crippen LogP contribution in [0.1, 0.15) is 105 Å². The van der Waals surface area contributed by atoms with Crippen molar-refractivity contribution in [2.75, 3.05) is 19.7 Å². The van der Waals surface area contributed by atoms with Gasteiger partial charge in [-0.3, -0.25) is 4.79 Å². The van der Waals surface area contributed by atoms with Crippen LogP contribution < -0.4 is 0 Å². The number of rotatable bonds is 8. The maximum Gasteiger partial charge on any atom is 0.222 e. The van der Waals surface area contributed by atoms with Gasteiger partial charge in [0.1, 0.15) is 0 Å². The summed E-state index contributed by atoms with van der Waals surface area (Å²) in [4.78, 5) is 14.6. The molecule has 2 unspecified atom stereocenters. The second kappa shape index (κ2) is 10.2. The van der Waals surface area contributed by atoms with E-state index < -0.39 is 0 Å². The highest BCUT2D eigenvalue weighted by Crippen LogP contribution is 2.68. The minimum atomic E-state index is -0.0569. The lowest BCUT2D eigenvalue weighted by molar-refractivity contribution is -0.133. The minimum Gasteiger partial charge on any atom is -0.395 e. The van der Waals surface area contributed by atoms with Gasteiger partial charge in [0.15, 0.2) is 0 Å². The number of carbonyl (C=O) groups excluding carboxylic acids is 1. The van der Waals surface area contributed by atoms with Gasteiger partial charge < -0.3 is 15.1 Å². The summed E-state index contributed by atoms with van der Waals surface area (Å²) >= 11 is 0. The van der Waals surface area contributed by atoms with Crippen LogP contribution in [-0.2, 0) is 4.79 Å². The summed E-state index contributed by atoms with van der Waals surface area (Å²) in [7, 11) is 0. The van der Waals surface area contributed by atoms with Crippen LogP contribution >= 0.6 is 0 Å². The molecule has 4 fully saturated rings. The molecule has 0 aliphatic heterocycles. The van der Waals surface area contributed by atoms with Crippen molar-refractivity contribution >= 4 is 5.91 Å². The van der Waals surface area contributed by atoms with Gasteiger partial charge in [-0.05, 0) is 117 Å². The highest BCUT2D eigenvalue weighted by atomic mass is 16.3. The van der Waals surface area contributed by atoms with Crippen LogP contribution in [0.3, 0.4) is 0 Å². The molecule has 4 saturated carbocycles. The van der Waals surface area contributed by atoms with Crippen molar-refractivity contribution in [2.24, 2.45) is 46.3 Å². The molecule has 0 aromatic rings. The van der Waals surface area contributed by atoms with E-state index in [0.29, 0.717) is 29.7 Å². The number of nitrogens with zero attached hydrogens (tertiary/aromatic N) is 1. The Morgan fingerprint density at radius 1 is 1.00 bits per heavy atom. The van der Waals surface area contributed by atoms with Gasteiger partial charge in [0.25, 0.3) is 0 Å². The van der Waals surface area contributed by atoms with Gasteiger partial charge in [0.05, 0.1) is 12.7 Å². The predicted octanol–water partition coefficient (Wildman–Crippen LogP) is 5.65. The fourth-order valence-corrected chi connectivity index (χ4v) is 9.67. The van der Waals surface area contributed by atoms with Crippen molar-refractivity contribution < 1.29 is 15.0 Å². The Hall–Kier alpha value is -0.610. The molecule has 4 aliphatic carbocycles. The first-order valence-corrected chi connectivity index (χ1v) is 14.3. The summed E-state index contributed by atoms with van der Waals surface area (Å²) in [5.41, 5.74) is 0.893. The molecule has 0 radical (unpaired) electrons. The predicted molar refractivity (Wildman–Crippen MR) is 134 cm³/mol. The number of aliphatic hydroxyl groups is 2. The Balaban J connectivity index is 1.40. The third kappa shape index (κ3) is 4.65. The molecule has 0 saturated heterocycles. The van der Waals surface area contributed by atoms with E-state index in [0.717, 1.165) is 61.8 Å². The van der Waals surface area contributed by atoms with Gasteiger partial charge in [-0.15, -0.1) is 0 Å². The highest BCUT2D eigenvalue weighted by Gasteiger charge is 2.60. The van der Waals surface area contributed by atoms with Gasteiger partial charge >= 0.3 is 0 Å². The maximum atomic E-state index is 12.8. The molecular weight excluding hydrogens is 410 g/mol. The van der Waals surface area contributed by atoms with Crippen LogP contribution in [0.25, 0.3) is 0 Å². The van der Waals surface area contributed by atoms with Crippen LogP contribution in [0.5, 0.6) is 0 Å². The van der Waals surface area contributed by atoms with E-state index in [1.165, 1.54) is 44.9 Å². The first-order chi connectivity index (χ1) is 15.7. The van der Waals surface area contributed by atoms with Crippen molar-refractivity contribution in [2.45, 2.75) is 111 Å². The Labute approximate surface area is 202 Å². The molecule has 4 rings (SSSR count). The van der Waals surface area contributed by atoms with E-state index in [2.05, 4.69) is 27.7 Å². The summed E-state index contributed by atoms with van der Waals surface area (Å²) in [6, 6.07) is 0. The minimum absolute atomic E-state index is 0.0569. The Bertz CT molecular complexity index is 676. The summed E-state index contributed by atoms with van der Waals surface area (Å²) in [6.07, 6.45) is 14.0. The van der Waals surface area contributed by atoms with E-state index in [-0.39, 0.29) is 18.6 Å². The molecule has 0 aromatic heterocycles. The van der Waals surface area contributed by atoms with Gasteiger partial charge in [-0.25, -0.2) is 0 Å². The van der Waals surface area contributed by atoms with Crippen molar-refractivity contribution in [3.05, 3.63) is 0 Å². The van der Waals surface area contributed by atoms with Crippen molar-refractivity contribution in [1.82, 2.24) is 4.90 Å². The number of hydrogen-bond acceptors (Lipinski definition) is 3. The zero-order valence-corrected chi connectivity index (χ0v) is 21.9. The average Bonchev–Trinajstić information content (AvgIpc) is 3.15. The van der Waals surface area contributed by atoms with E-state index in [4.69, 9.17) is 0 Å². The molecule has 0 spiro atoms. The van der Waals surface area contributed by atoms with Crippen molar-refractivity contribution in [3.63, 3.8) is 0 Å². The molecule has 4 nitrogen and oxygen atoms in total. The summed E-state index contributed by atoms with van der Waals surface area (Å²) < 4.78 is 0. The second-order valence-corrected chi connectivity index (χ2v) is 12.9. The molecule has 4 aliphatic rings. The molecule has 9 atom stereocenters. The standard InChI is InChI=1S/C29H51NO3/c1-5-16-30(17-18-31)27(33)11-6-20(2)24-9-10-25-23-8-7-21-19-22(32)12-14-28(21,3)26(23)13-15-29(24,25)4/h20-26,31-32H,5-19H2,1-4H3/t20?,21-,22-,23+,24?,25+,26+,28+,29-/m1/s1. The molecule has 4 heteroatoms. The molecule has 0 aromatic carbocycles. The first kappa shape index (κ1) is 25.5. The highest BCUT2D eigenvalue weighted by molar-refractivity contribution is 5.76. The van der Waals surface area contributed by atoms with Crippen LogP contribution in [0.15, 0.2) is 0 Å². The summed E-state index contributed by atoms with van der Waals surface area (Å²) in [5, 5.41) is 19.6. The van der Waals surface area contributed by atoms with E-state index in [1.54, 1.807) is 0 Å². The van der Waals surface area contributed by atoms with Gasteiger partial charge in [-0.2, -0.15) is 0 Å². The van der Waals surface area contributed by atoms with Gasteiger partial charge in [0, 0.05) is 19.5 Å². The third-order valence-corrected chi connectivity index (χ3v) is 11.4. The Morgan fingerprint density at radius 3 is 2.45 bits per heavy atom. The van der Waals surface area contributed by atoms with E-state index in [9.17, 15) is 15.0 Å². The lowest BCUT2D eigenvalue weighted by Crippen LogP contribution is -2.54. The van der Waals surface area contributed by atoms with E-state index >= 15 is 0 Å². The Kier molecular flexibility index (Phi) is 7.85. The number of amides is 1. The SMILES string of the molecule is CCCN(CCO)C(=O)CCC(C)C1CC[C@H]2[C@@H]3CC[C@@H]4C[C@H](O)CC[C@]4(C)[C@H]3CC[C@]12C. The maximum absolute atomic E-state index is 12.8. The molecule has 1 amide bonds. The van der Waals surface area contributed by atoms with Crippen molar-refractivity contribution in [1.29, 1.82) is 0 Å². The normalized spacial score (nSPS) is 43.3. The quantitative estimate of drug-likeness (QED) is 0.491. The number of hydrogen-bond donors (Lipinski definition) is 2. The topological polar surface area (TPSA) is 60.8 Å².